The lowest BCUT2D eigenvalue weighted by Gasteiger charge is -2.33. The zero-order valence-electron chi connectivity index (χ0n) is 10.3. The van der Waals surface area contributed by atoms with Gasteiger partial charge in [-0.25, -0.2) is 0 Å². The molecule has 0 spiro atoms. The van der Waals surface area contributed by atoms with Crippen LogP contribution < -0.4 is 0 Å². The van der Waals surface area contributed by atoms with Gasteiger partial charge in [0.1, 0.15) is 0 Å². The maximum absolute atomic E-state index is 5.95. The zero-order valence-corrected chi connectivity index (χ0v) is 11.9. The molecular formula is C13H18ClNO2S. The number of hydrogen-bond donors (Lipinski definition) is 0. The van der Waals surface area contributed by atoms with Gasteiger partial charge in [0.05, 0.1) is 17.6 Å². The van der Waals surface area contributed by atoms with Crippen LogP contribution in [0.15, 0.2) is 12.1 Å². The third-order valence-corrected chi connectivity index (χ3v) is 4.89. The summed E-state index contributed by atoms with van der Waals surface area (Å²) in [5.41, 5.74) is 0. The molecule has 0 bridgehead atoms. The Balaban J connectivity index is 1.47. The molecule has 3 heterocycles. The van der Waals surface area contributed by atoms with E-state index in [1.165, 1.54) is 17.7 Å². The van der Waals surface area contributed by atoms with E-state index in [9.17, 15) is 0 Å². The molecule has 2 saturated heterocycles. The lowest BCUT2D eigenvalue weighted by Crippen LogP contribution is -2.37. The molecule has 0 saturated carbocycles. The minimum atomic E-state index is 0.0586. The Labute approximate surface area is 117 Å². The average Bonchev–Trinajstić information content (AvgIpc) is 3.02. The fourth-order valence-electron chi connectivity index (χ4n) is 2.69. The first kappa shape index (κ1) is 12.9. The van der Waals surface area contributed by atoms with Crippen molar-refractivity contribution in [1.82, 2.24) is 4.90 Å². The second-order valence-corrected chi connectivity index (χ2v) is 6.73. The molecule has 3 rings (SSSR count). The molecule has 1 aromatic rings. The van der Waals surface area contributed by atoms with Gasteiger partial charge in [0.15, 0.2) is 6.29 Å². The number of likely N-dealkylation sites (tertiary alicyclic amines) is 1. The Morgan fingerprint density at radius 2 is 1.94 bits per heavy atom. The highest BCUT2D eigenvalue weighted by Gasteiger charge is 2.30. The van der Waals surface area contributed by atoms with Crippen molar-refractivity contribution in [3.05, 3.63) is 21.3 Å². The molecule has 0 amide bonds. The molecule has 18 heavy (non-hydrogen) atoms. The van der Waals surface area contributed by atoms with Gasteiger partial charge >= 0.3 is 0 Å². The predicted octanol–water partition coefficient (Wildman–Crippen LogP) is 2.99. The maximum Gasteiger partial charge on any atom is 0.160 e. The topological polar surface area (TPSA) is 21.7 Å². The first-order valence-corrected chi connectivity index (χ1v) is 7.70. The first-order valence-electron chi connectivity index (χ1n) is 6.51. The zero-order chi connectivity index (χ0) is 12.4. The molecule has 0 atom stereocenters. The minimum absolute atomic E-state index is 0.0586. The summed E-state index contributed by atoms with van der Waals surface area (Å²) in [6.07, 6.45) is 2.40. The summed E-state index contributed by atoms with van der Waals surface area (Å²) in [6, 6.07) is 4.11. The summed E-state index contributed by atoms with van der Waals surface area (Å²) in [6.45, 7) is 4.81. The van der Waals surface area contributed by atoms with E-state index in [4.69, 9.17) is 21.1 Å². The smallest absolute Gasteiger partial charge is 0.160 e. The van der Waals surface area contributed by atoms with Gasteiger partial charge in [0.25, 0.3) is 0 Å². The van der Waals surface area contributed by atoms with E-state index in [0.717, 1.165) is 37.2 Å². The van der Waals surface area contributed by atoms with E-state index in [0.29, 0.717) is 5.92 Å². The highest BCUT2D eigenvalue weighted by molar-refractivity contribution is 7.16. The normalized spacial score (nSPS) is 23.8. The van der Waals surface area contributed by atoms with Crippen LogP contribution in [-0.2, 0) is 16.0 Å². The molecule has 0 N–H and O–H groups in total. The van der Waals surface area contributed by atoms with E-state index in [1.807, 2.05) is 6.07 Å². The second-order valence-electron chi connectivity index (χ2n) is 4.93. The number of nitrogens with zero attached hydrogens (tertiary/aromatic N) is 1. The van der Waals surface area contributed by atoms with E-state index >= 15 is 0 Å². The van der Waals surface area contributed by atoms with E-state index in [2.05, 4.69) is 11.0 Å². The predicted molar refractivity (Wildman–Crippen MR) is 73.0 cm³/mol. The molecule has 2 aliphatic rings. The lowest BCUT2D eigenvalue weighted by atomic mass is 9.96. The van der Waals surface area contributed by atoms with Gasteiger partial charge in [-0.05, 0) is 38.1 Å². The second kappa shape index (κ2) is 5.88. The van der Waals surface area contributed by atoms with Crippen LogP contribution in [0.4, 0.5) is 0 Å². The first-order chi connectivity index (χ1) is 8.81. The fraction of sp³-hybridized carbons (Fsp3) is 0.692. The Kier molecular flexibility index (Phi) is 4.21. The van der Waals surface area contributed by atoms with Crippen molar-refractivity contribution in [2.24, 2.45) is 5.92 Å². The largest absolute Gasteiger partial charge is 0.350 e. The fourth-order valence-corrected chi connectivity index (χ4v) is 3.82. The number of hydrogen-bond acceptors (Lipinski definition) is 4. The van der Waals surface area contributed by atoms with Crippen molar-refractivity contribution < 1.29 is 9.47 Å². The van der Waals surface area contributed by atoms with E-state index in [1.54, 1.807) is 11.3 Å². The summed E-state index contributed by atoms with van der Waals surface area (Å²) >= 11 is 7.64. The number of halogens is 1. The molecule has 0 unspecified atom stereocenters. The van der Waals surface area contributed by atoms with Gasteiger partial charge in [-0.3, -0.25) is 4.90 Å². The van der Waals surface area contributed by atoms with Crippen LogP contribution in [0, 0.1) is 5.92 Å². The van der Waals surface area contributed by atoms with Crippen LogP contribution in [0.2, 0.25) is 4.34 Å². The van der Waals surface area contributed by atoms with Crippen molar-refractivity contribution in [1.29, 1.82) is 0 Å². The van der Waals surface area contributed by atoms with Gasteiger partial charge in [-0.1, -0.05) is 11.6 Å². The van der Waals surface area contributed by atoms with Gasteiger partial charge in [-0.15, -0.1) is 11.3 Å². The third-order valence-electron chi connectivity index (χ3n) is 3.67. The molecule has 0 radical (unpaired) electrons. The lowest BCUT2D eigenvalue weighted by molar-refractivity contribution is -0.0977. The molecule has 3 nitrogen and oxygen atoms in total. The molecule has 2 fully saturated rings. The van der Waals surface area contributed by atoms with Crippen molar-refractivity contribution >= 4 is 22.9 Å². The van der Waals surface area contributed by atoms with Crippen LogP contribution in [-0.4, -0.2) is 37.5 Å². The number of thiophene rings is 1. The van der Waals surface area contributed by atoms with Crippen molar-refractivity contribution in [2.75, 3.05) is 26.3 Å². The monoisotopic (exact) mass is 287 g/mol. The third kappa shape index (κ3) is 3.06. The van der Waals surface area contributed by atoms with Gasteiger partial charge in [-0.2, -0.15) is 0 Å². The maximum atomic E-state index is 5.95. The Bertz CT molecular complexity index is 384. The van der Waals surface area contributed by atoms with Gasteiger partial charge in [0.2, 0.25) is 0 Å². The molecule has 2 aliphatic heterocycles. The Morgan fingerprint density at radius 3 is 2.56 bits per heavy atom. The van der Waals surface area contributed by atoms with E-state index < -0.39 is 0 Å². The number of ether oxygens (including phenoxy) is 2. The number of piperidine rings is 1. The summed E-state index contributed by atoms with van der Waals surface area (Å²) in [7, 11) is 0. The van der Waals surface area contributed by atoms with Crippen LogP contribution in [0.25, 0.3) is 0 Å². The summed E-state index contributed by atoms with van der Waals surface area (Å²) in [5.74, 6) is 0.579. The summed E-state index contributed by atoms with van der Waals surface area (Å²) < 4.78 is 12.1. The summed E-state index contributed by atoms with van der Waals surface area (Å²) in [5, 5.41) is 0. The van der Waals surface area contributed by atoms with Crippen LogP contribution in [0.3, 0.4) is 0 Å². The molecule has 0 aromatic carbocycles. The summed E-state index contributed by atoms with van der Waals surface area (Å²) in [4.78, 5) is 3.85. The van der Waals surface area contributed by atoms with Crippen molar-refractivity contribution in [3.8, 4) is 0 Å². The highest BCUT2D eigenvalue weighted by atomic mass is 35.5. The van der Waals surface area contributed by atoms with Crippen molar-refractivity contribution in [2.45, 2.75) is 25.7 Å². The van der Waals surface area contributed by atoms with Crippen LogP contribution in [0.1, 0.15) is 17.7 Å². The SMILES string of the molecule is Clc1ccc(CN2CCC(C3OCCO3)CC2)s1. The quantitative estimate of drug-likeness (QED) is 0.853. The highest BCUT2D eigenvalue weighted by Crippen LogP contribution is 2.28. The number of rotatable bonds is 3. The van der Waals surface area contributed by atoms with Crippen LogP contribution in [0.5, 0.6) is 0 Å². The molecule has 5 heteroatoms. The van der Waals surface area contributed by atoms with Crippen molar-refractivity contribution in [3.63, 3.8) is 0 Å². The molecule has 100 valence electrons. The minimum Gasteiger partial charge on any atom is -0.350 e. The van der Waals surface area contributed by atoms with Gasteiger partial charge < -0.3 is 9.47 Å². The Morgan fingerprint density at radius 1 is 1.22 bits per heavy atom. The molecule has 1 aromatic heterocycles. The average molecular weight is 288 g/mol. The van der Waals surface area contributed by atoms with Gasteiger partial charge in [0, 0.05) is 17.3 Å². The standard InChI is InChI=1S/C13H18ClNO2S/c14-12-2-1-11(18-12)9-15-5-3-10(4-6-15)13-16-7-8-17-13/h1-2,10,13H,3-9H2. The molecule has 0 aliphatic carbocycles. The Hall–Kier alpha value is -0.130. The van der Waals surface area contributed by atoms with Crippen LogP contribution >= 0.6 is 22.9 Å². The van der Waals surface area contributed by atoms with E-state index in [-0.39, 0.29) is 6.29 Å². The molecular weight excluding hydrogens is 270 g/mol.